The fraction of sp³-hybridized carbons (Fsp3) is 0.375. The monoisotopic (exact) mass is 442 g/mol. The Morgan fingerprint density at radius 2 is 1.78 bits per heavy atom. The number of carbonyl (C=O) groups is 2. The second-order valence-corrected chi connectivity index (χ2v) is 8.29. The third kappa shape index (κ3) is 5.57. The third-order valence-corrected chi connectivity index (χ3v) is 5.04. The molecule has 0 unspecified atom stereocenters. The molecular formula is C24H30N2O6. The average Bonchev–Trinajstić information content (AvgIpc) is 2.74. The van der Waals surface area contributed by atoms with Crippen LogP contribution >= 0.6 is 0 Å². The van der Waals surface area contributed by atoms with Crippen LogP contribution in [-0.4, -0.2) is 46.2 Å². The number of rotatable bonds is 8. The highest BCUT2D eigenvalue weighted by molar-refractivity contribution is 6.02. The predicted octanol–water partition coefficient (Wildman–Crippen LogP) is 4.41. The predicted molar refractivity (Wildman–Crippen MR) is 122 cm³/mol. The molecule has 0 saturated heterocycles. The lowest BCUT2D eigenvalue weighted by Crippen LogP contribution is -2.32. The summed E-state index contributed by atoms with van der Waals surface area (Å²) < 4.78 is 5.60. The van der Waals surface area contributed by atoms with Gasteiger partial charge < -0.3 is 25.1 Å². The van der Waals surface area contributed by atoms with Crippen molar-refractivity contribution in [1.82, 2.24) is 0 Å². The molecule has 0 spiro atoms. The average molecular weight is 443 g/mol. The molecule has 2 aromatic carbocycles. The highest BCUT2D eigenvalue weighted by atomic mass is 16.5. The molecule has 3 N–H and O–H groups in total. The van der Waals surface area contributed by atoms with Gasteiger partial charge in [0, 0.05) is 30.3 Å². The summed E-state index contributed by atoms with van der Waals surface area (Å²) in [6.07, 6.45) is 0.393. The molecule has 32 heavy (non-hydrogen) atoms. The molecule has 0 aliphatic carbocycles. The first-order valence-electron chi connectivity index (χ1n) is 10.4. The van der Waals surface area contributed by atoms with E-state index < -0.39 is 11.7 Å². The second-order valence-electron chi connectivity index (χ2n) is 8.29. The minimum atomic E-state index is -1.25. The van der Waals surface area contributed by atoms with Crippen LogP contribution in [0, 0.1) is 0 Å². The molecule has 0 aromatic heterocycles. The molecule has 2 aromatic rings. The molecule has 8 heteroatoms. The first-order chi connectivity index (χ1) is 15.0. The van der Waals surface area contributed by atoms with Crippen LogP contribution in [-0.2, 0) is 10.2 Å². The van der Waals surface area contributed by atoms with Gasteiger partial charge in [-0.2, -0.15) is 0 Å². The van der Waals surface area contributed by atoms with Crippen LogP contribution in [0.1, 0.15) is 62.5 Å². The molecule has 0 aliphatic heterocycles. The zero-order valence-corrected chi connectivity index (χ0v) is 19.0. The zero-order chi connectivity index (χ0) is 24.1. The van der Waals surface area contributed by atoms with Gasteiger partial charge in [0.15, 0.2) is 0 Å². The topological polar surface area (TPSA) is 120 Å². The van der Waals surface area contributed by atoms with E-state index in [4.69, 9.17) is 9.84 Å². The number of nitrogens with zero attached hydrogens (tertiary/aromatic N) is 2. The van der Waals surface area contributed by atoms with E-state index in [2.05, 4.69) is 5.16 Å². The standard InChI is InChI=1S/C24H30N2O6/c1-6-22(28)26(7-2)20-11-8-15(12-18(20)24(3,4)5)19(25-31)14-32-16-9-10-17(23(29)30)21(27)13-16/h8-13,27,31H,6-7,14H2,1-5H3,(H,29,30)/b25-19-. The van der Waals surface area contributed by atoms with Crippen molar-refractivity contribution in [2.75, 3.05) is 18.1 Å². The van der Waals surface area contributed by atoms with Crippen molar-refractivity contribution in [3.05, 3.63) is 53.1 Å². The summed E-state index contributed by atoms with van der Waals surface area (Å²) in [5.41, 5.74) is 2.07. The van der Waals surface area contributed by atoms with Gasteiger partial charge in [0.05, 0.1) is 0 Å². The quantitative estimate of drug-likeness (QED) is 0.316. The van der Waals surface area contributed by atoms with Gasteiger partial charge in [0.2, 0.25) is 5.91 Å². The van der Waals surface area contributed by atoms with Gasteiger partial charge in [0.25, 0.3) is 0 Å². The van der Waals surface area contributed by atoms with Crippen molar-refractivity contribution in [3.8, 4) is 11.5 Å². The molecule has 0 heterocycles. The molecule has 8 nitrogen and oxygen atoms in total. The Hall–Kier alpha value is -3.55. The lowest BCUT2D eigenvalue weighted by Gasteiger charge is -2.30. The Kier molecular flexibility index (Phi) is 7.86. The molecular weight excluding hydrogens is 412 g/mol. The van der Waals surface area contributed by atoms with E-state index in [1.54, 1.807) is 11.0 Å². The van der Waals surface area contributed by atoms with E-state index in [1.807, 2.05) is 46.8 Å². The van der Waals surface area contributed by atoms with Gasteiger partial charge >= 0.3 is 5.97 Å². The number of aromatic hydroxyl groups is 1. The SMILES string of the molecule is CCC(=O)N(CC)c1ccc(/C(COc2ccc(C(=O)O)c(O)c2)=N\O)cc1C(C)(C)C. The Morgan fingerprint density at radius 1 is 1.09 bits per heavy atom. The van der Waals surface area contributed by atoms with Crippen LogP contribution in [0.3, 0.4) is 0 Å². The van der Waals surface area contributed by atoms with Crippen molar-refractivity contribution in [2.24, 2.45) is 5.16 Å². The van der Waals surface area contributed by atoms with E-state index in [-0.39, 0.29) is 35.0 Å². The van der Waals surface area contributed by atoms with Gasteiger partial charge in [-0.1, -0.05) is 38.9 Å². The van der Waals surface area contributed by atoms with Crippen LogP contribution < -0.4 is 9.64 Å². The Balaban J connectivity index is 2.35. The molecule has 2 rings (SSSR count). The van der Waals surface area contributed by atoms with E-state index in [9.17, 15) is 19.9 Å². The number of ether oxygens (including phenoxy) is 1. The van der Waals surface area contributed by atoms with Crippen LogP contribution in [0.5, 0.6) is 11.5 Å². The Morgan fingerprint density at radius 3 is 2.28 bits per heavy atom. The number of aromatic carboxylic acids is 1. The number of oxime groups is 1. The highest BCUT2D eigenvalue weighted by Crippen LogP contribution is 2.34. The van der Waals surface area contributed by atoms with E-state index in [0.717, 1.165) is 11.3 Å². The maximum absolute atomic E-state index is 12.4. The van der Waals surface area contributed by atoms with E-state index in [0.29, 0.717) is 18.5 Å². The number of anilines is 1. The second kappa shape index (κ2) is 10.2. The number of carboxylic acid groups (broad SMARTS) is 1. The molecule has 1 amide bonds. The Bertz CT molecular complexity index is 1020. The summed E-state index contributed by atoms with van der Waals surface area (Å²) in [6, 6.07) is 9.32. The maximum Gasteiger partial charge on any atom is 0.339 e. The van der Waals surface area contributed by atoms with Crippen molar-refractivity contribution < 1.29 is 29.7 Å². The molecule has 0 atom stereocenters. The number of carboxylic acids is 1. The first-order valence-corrected chi connectivity index (χ1v) is 10.4. The minimum Gasteiger partial charge on any atom is -0.507 e. The number of hydrogen-bond donors (Lipinski definition) is 3. The summed E-state index contributed by atoms with van der Waals surface area (Å²) in [6.45, 7) is 10.3. The van der Waals surface area contributed by atoms with Gasteiger partial charge in [-0.15, -0.1) is 0 Å². The van der Waals surface area contributed by atoms with E-state index in [1.165, 1.54) is 18.2 Å². The fourth-order valence-electron chi connectivity index (χ4n) is 3.33. The third-order valence-electron chi connectivity index (χ3n) is 5.04. The van der Waals surface area contributed by atoms with Crippen molar-refractivity contribution >= 4 is 23.3 Å². The van der Waals surface area contributed by atoms with Gasteiger partial charge in [-0.25, -0.2) is 4.79 Å². The molecule has 0 saturated carbocycles. The highest BCUT2D eigenvalue weighted by Gasteiger charge is 2.24. The maximum atomic E-state index is 12.4. The summed E-state index contributed by atoms with van der Waals surface area (Å²) in [7, 11) is 0. The summed E-state index contributed by atoms with van der Waals surface area (Å²) >= 11 is 0. The number of hydrogen-bond acceptors (Lipinski definition) is 6. The van der Waals surface area contributed by atoms with Crippen molar-refractivity contribution in [1.29, 1.82) is 0 Å². The summed E-state index contributed by atoms with van der Waals surface area (Å²) in [5, 5.41) is 31.8. The van der Waals surface area contributed by atoms with Crippen LogP contribution in [0.2, 0.25) is 0 Å². The zero-order valence-electron chi connectivity index (χ0n) is 19.0. The molecule has 172 valence electrons. The normalized spacial score (nSPS) is 11.8. The number of phenols is 1. The minimum absolute atomic E-state index is 0.0229. The lowest BCUT2D eigenvalue weighted by molar-refractivity contribution is -0.118. The van der Waals surface area contributed by atoms with Crippen LogP contribution in [0.25, 0.3) is 0 Å². The smallest absolute Gasteiger partial charge is 0.339 e. The van der Waals surface area contributed by atoms with Gasteiger partial charge in [-0.3, -0.25) is 4.79 Å². The van der Waals surface area contributed by atoms with Crippen molar-refractivity contribution in [3.63, 3.8) is 0 Å². The van der Waals surface area contributed by atoms with Crippen LogP contribution in [0.4, 0.5) is 5.69 Å². The summed E-state index contributed by atoms with van der Waals surface area (Å²) in [5.74, 6) is -1.41. The molecule has 0 fully saturated rings. The lowest BCUT2D eigenvalue weighted by atomic mass is 9.84. The largest absolute Gasteiger partial charge is 0.507 e. The first kappa shape index (κ1) is 24.7. The number of benzene rings is 2. The molecule has 0 radical (unpaired) electrons. The fourth-order valence-corrected chi connectivity index (χ4v) is 3.33. The number of amides is 1. The van der Waals surface area contributed by atoms with Crippen molar-refractivity contribution in [2.45, 2.75) is 46.5 Å². The summed E-state index contributed by atoms with van der Waals surface area (Å²) in [4.78, 5) is 25.2. The van der Waals surface area contributed by atoms with E-state index >= 15 is 0 Å². The molecule has 0 aliphatic rings. The number of carbonyl (C=O) groups excluding carboxylic acids is 1. The van der Waals surface area contributed by atoms with Gasteiger partial charge in [0.1, 0.15) is 29.4 Å². The van der Waals surface area contributed by atoms with Gasteiger partial charge in [-0.05, 0) is 42.2 Å². The van der Waals surface area contributed by atoms with Crippen LogP contribution in [0.15, 0.2) is 41.6 Å². The molecule has 0 bridgehead atoms. The Labute approximate surface area is 187 Å².